The molecule has 0 saturated heterocycles. The maximum absolute atomic E-state index is 11.7. The van der Waals surface area contributed by atoms with Crippen LogP contribution in [0.4, 0.5) is 0 Å². The van der Waals surface area contributed by atoms with Gasteiger partial charge < -0.3 is 9.72 Å². The van der Waals surface area contributed by atoms with Gasteiger partial charge >= 0.3 is 0 Å². The summed E-state index contributed by atoms with van der Waals surface area (Å²) in [5.74, 6) is 0.322. The molecule has 3 aromatic rings. The molecule has 0 aliphatic rings. The number of rotatable bonds is 6. The predicted octanol–water partition coefficient (Wildman–Crippen LogP) is 3.21. The van der Waals surface area contributed by atoms with Crippen molar-refractivity contribution in [2.24, 2.45) is 5.10 Å². The van der Waals surface area contributed by atoms with Crippen molar-refractivity contribution >= 4 is 12.1 Å². The van der Waals surface area contributed by atoms with Crippen molar-refractivity contribution in [1.29, 1.82) is 0 Å². The Morgan fingerprint density at radius 1 is 1.00 bits per heavy atom. The Morgan fingerprint density at radius 3 is 2.46 bits per heavy atom. The maximum Gasteiger partial charge on any atom is 0.277 e. The third-order valence-corrected chi connectivity index (χ3v) is 3.35. The summed E-state index contributed by atoms with van der Waals surface area (Å²) in [5.41, 5.74) is 5.47. The lowest BCUT2D eigenvalue weighted by Crippen LogP contribution is -2.24. The minimum absolute atomic E-state index is 0.0905. The number of nitrogens with one attached hydrogen (secondary N) is 2. The molecule has 0 aliphatic heterocycles. The average molecular weight is 319 g/mol. The molecule has 3 rings (SSSR count). The summed E-state index contributed by atoms with van der Waals surface area (Å²) < 4.78 is 5.45. The molecule has 24 heavy (non-hydrogen) atoms. The second-order valence-electron chi connectivity index (χ2n) is 5.10. The number of hydrogen-bond donors (Lipinski definition) is 2. The molecule has 0 bridgehead atoms. The number of nitrogens with zero attached hydrogens (tertiary/aromatic N) is 1. The molecule has 0 unspecified atom stereocenters. The molecule has 1 heterocycles. The lowest BCUT2D eigenvalue weighted by Gasteiger charge is -2.06. The molecule has 0 fully saturated rings. The van der Waals surface area contributed by atoms with E-state index in [1.807, 2.05) is 66.7 Å². The van der Waals surface area contributed by atoms with E-state index in [-0.39, 0.29) is 12.5 Å². The summed E-state index contributed by atoms with van der Waals surface area (Å²) >= 11 is 0. The molecule has 0 spiro atoms. The van der Waals surface area contributed by atoms with Crippen molar-refractivity contribution in [2.75, 3.05) is 6.61 Å². The van der Waals surface area contributed by atoms with Crippen LogP contribution in [0.1, 0.15) is 5.69 Å². The van der Waals surface area contributed by atoms with E-state index in [4.69, 9.17) is 4.74 Å². The van der Waals surface area contributed by atoms with E-state index in [1.54, 1.807) is 6.20 Å². The van der Waals surface area contributed by atoms with Crippen LogP contribution in [0.3, 0.4) is 0 Å². The molecule has 2 aromatic carbocycles. The molecule has 1 amide bonds. The number of aromatic nitrogens is 1. The van der Waals surface area contributed by atoms with Crippen molar-refractivity contribution in [1.82, 2.24) is 10.4 Å². The Labute approximate surface area is 140 Å². The van der Waals surface area contributed by atoms with Gasteiger partial charge in [0, 0.05) is 6.20 Å². The molecule has 5 nitrogen and oxygen atoms in total. The summed E-state index contributed by atoms with van der Waals surface area (Å²) in [6.07, 6.45) is 3.32. The highest BCUT2D eigenvalue weighted by molar-refractivity contribution is 5.81. The number of hydrogen-bond acceptors (Lipinski definition) is 3. The van der Waals surface area contributed by atoms with E-state index in [9.17, 15) is 4.79 Å². The minimum Gasteiger partial charge on any atom is -0.484 e. The van der Waals surface area contributed by atoms with Gasteiger partial charge in [-0.25, -0.2) is 5.43 Å². The number of carbonyl (C=O) groups is 1. The van der Waals surface area contributed by atoms with E-state index < -0.39 is 0 Å². The maximum atomic E-state index is 11.7. The fourth-order valence-corrected chi connectivity index (χ4v) is 2.15. The van der Waals surface area contributed by atoms with E-state index in [0.717, 1.165) is 16.8 Å². The van der Waals surface area contributed by atoms with Crippen LogP contribution in [0.25, 0.3) is 11.1 Å². The number of aromatic amines is 1. The first-order valence-corrected chi connectivity index (χ1v) is 7.55. The standard InChI is InChI=1S/C19H17N3O2/c23-19(22-21-13-17-7-4-12-20-17)14-24-18-10-8-16(9-11-18)15-5-2-1-3-6-15/h1-13,20H,14H2,(H,22,23). The first-order valence-electron chi connectivity index (χ1n) is 7.55. The van der Waals surface area contributed by atoms with Crippen LogP contribution < -0.4 is 10.2 Å². The van der Waals surface area contributed by atoms with Crippen molar-refractivity contribution in [3.8, 4) is 16.9 Å². The Kier molecular flexibility index (Phi) is 5.04. The third-order valence-electron chi connectivity index (χ3n) is 3.35. The zero-order valence-electron chi connectivity index (χ0n) is 13.0. The number of benzene rings is 2. The van der Waals surface area contributed by atoms with Crippen molar-refractivity contribution < 1.29 is 9.53 Å². The zero-order chi connectivity index (χ0) is 16.6. The van der Waals surface area contributed by atoms with Gasteiger partial charge in [0.25, 0.3) is 5.91 Å². The highest BCUT2D eigenvalue weighted by atomic mass is 16.5. The second-order valence-corrected chi connectivity index (χ2v) is 5.10. The fraction of sp³-hybridized carbons (Fsp3) is 0.0526. The highest BCUT2D eigenvalue weighted by Crippen LogP contribution is 2.21. The Morgan fingerprint density at radius 2 is 1.75 bits per heavy atom. The minimum atomic E-state index is -0.315. The molecular formula is C19H17N3O2. The van der Waals surface area contributed by atoms with Crippen molar-refractivity contribution in [3.05, 3.63) is 78.6 Å². The van der Waals surface area contributed by atoms with Gasteiger partial charge in [0.1, 0.15) is 5.75 Å². The van der Waals surface area contributed by atoms with Crippen LogP contribution in [0.2, 0.25) is 0 Å². The van der Waals surface area contributed by atoms with Gasteiger partial charge in [-0.1, -0.05) is 42.5 Å². The number of carbonyl (C=O) groups excluding carboxylic acids is 1. The van der Waals surface area contributed by atoms with E-state index >= 15 is 0 Å². The number of amides is 1. The Bertz CT molecular complexity index is 794. The summed E-state index contributed by atoms with van der Waals surface area (Å²) in [4.78, 5) is 14.6. The van der Waals surface area contributed by atoms with Crippen LogP contribution >= 0.6 is 0 Å². The average Bonchev–Trinajstić information content (AvgIpc) is 3.15. The Hall–Kier alpha value is -3.34. The molecule has 0 radical (unpaired) electrons. The Balaban J connectivity index is 1.48. The smallest absolute Gasteiger partial charge is 0.277 e. The number of H-pyrrole nitrogens is 1. The number of ether oxygens (including phenoxy) is 1. The summed E-state index contributed by atoms with van der Waals surface area (Å²) in [5, 5.41) is 3.84. The van der Waals surface area contributed by atoms with Gasteiger partial charge in [-0.3, -0.25) is 4.79 Å². The van der Waals surface area contributed by atoms with Crippen LogP contribution in [-0.4, -0.2) is 23.7 Å². The molecule has 120 valence electrons. The van der Waals surface area contributed by atoms with Gasteiger partial charge in [0.2, 0.25) is 0 Å². The molecule has 5 heteroatoms. The summed E-state index contributed by atoms with van der Waals surface area (Å²) in [6.45, 7) is -0.0905. The van der Waals surface area contributed by atoms with Crippen molar-refractivity contribution in [2.45, 2.75) is 0 Å². The van der Waals surface area contributed by atoms with E-state index in [0.29, 0.717) is 5.75 Å². The van der Waals surface area contributed by atoms with Gasteiger partial charge in [0.15, 0.2) is 6.61 Å². The number of hydrazone groups is 1. The van der Waals surface area contributed by atoms with E-state index in [1.165, 1.54) is 6.21 Å². The summed E-state index contributed by atoms with van der Waals surface area (Å²) in [6, 6.07) is 21.4. The largest absolute Gasteiger partial charge is 0.484 e. The zero-order valence-corrected chi connectivity index (χ0v) is 13.0. The van der Waals surface area contributed by atoms with Crippen LogP contribution in [0.15, 0.2) is 78.0 Å². The quantitative estimate of drug-likeness (QED) is 0.541. The van der Waals surface area contributed by atoms with Gasteiger partial charge in [-0.2, -0.15) is 5.10 Å². The highest BCUT2D eigenvalue weighted by Gasteiger charge is 2.02. The van der Waals surface area contributed by atoms with Crippen LogP contribution in [0.5, 0.6) is 5.75 Å². The SMILES string of the molecule is O=C(COc1ccc(-c2ccccc2)cc1)NN=Cc1ccc[nH]1. The molecule has 0 aliphatic carbocycles. The summed E-state index contributed by atoms with van der Waals surface area (Å²) in [7, 11) is 0. The second kappa shape index (κ2) is 7.78. The first kappa shape index (κ1) is 15.6. The molecular weight excluding hydrogens is 302 g/mol. The van der Waals surface area contributed by atoms with Gasteiger partial charge in [-0.05, 0) is 35.4 Å². The third kappa shape index (κ3) is 4.33. The lowest BCUT2D eigenvalue weighted by molar-refractivity contribution is -0.123. The lowest BCUT2D eigenvalue weighted by atomic mass is 10.1. The predicted molar refractivity (Wildman–Crippen MR) is 93.9 cm³/mol. The van der Waals surface area contributed by atoms with E-state index in [2.05, 4.69) is 15.5 Å². The monoisotopic (exact) mass is 319 g/mol. The van der Waals surface area contributed by atoms with Crippen molar-refractivity contribution in [3.63, 3.8) is 0 Å². The first-order chi connectivity index (χ1) is 11.8. The molecule has 0 atom stereocenters. The molecule has 2 N–H and O–H groups in total. The fourth-order valence-electron chi connectivity index (χ4n) is 2.15. The van der Waals surface area contributed by atoms with Gasteiger partial charge in [-0.15, -0.1) is 0 Å². The van der Waals surface area contributed by atoms with Gasteiger partial charge in [0.05, 0.1) is 11.9 Å². The van der Waals surface area contributed by atoms with Crippen LogP contribution in [0, 0.1) is 0 Å². The molecule has 0 saturated carbocycles. The topological polar surface area (TPSA) is 66.5 Å². The normalized spacial score (nSPS) is 10.7. The van der Waals surface area contributed by atoms with Crippen LogP contribution in [-0.2, 0) is 4.79 Å². The molecule has 1 aromatic heterocycles.